The molecule has 0 radical (unpaired) electrons. The van der Waals surface area contributed by atoms with Gasteiger partial charge in [0.25, 0.3) is 0 Å². The first-order valence-corrected chi connectivity index (χ1v) is 7.99. The van der Waals surface area contributed by atoms with E-state index in [2.05, 4.69) is 27.6 Å². The summed E-state index contributed by atoms with van der Waals surface area (Å²) in [5, 5.41) is 0.559. The van der Waals surface area contributed by atoms with Crippen LogP contribution < -0.4 is 10.5 Å². The first-order valence-electron chi connectivity index (χ1n) is 6.91. The van der Waals surface area contributed by atoms with Gasteiger partial charge in [0, 0.05) is 17.2 Å². The van der Waals surface area contributed by atoms with Gasteiger partial charge in [-0.3, -0.25) is 0 Å². The zero-order valence-corrected chi connectivity index (χ0v) is 14.5. The number of hydrogen-bond acceptors (Lipinski definition) is 4. The van der Waals surface area contributed by atoms with Crippen LogP contribution in [0.5, 0.6) is 0 Å². The molecule has 0 fully saturated rings. The monoisotopic (exact) mass is 406 g/mol. The molecular weight excluding hydrogens is 391 g/mol. The minimum Gasteiger partial charge on any atom is -0.389 e. The molecule has 3 aromatic rings. The van der Waals surface area contributed by atoms with Crippen molar-refractivity contribution in [2.24, 2.45) is 0 Å². The van der Waals surface area contributed by atoms with Gasteiger partial charge in [0.15, 0.2) is 0 Å². The summed E-state index contributed by atoms with van der Waals surface area (Å²) in [5.41, 5.74) is 2.38. The van der Waals surface area contributed by atoms with Crippen LogP contribution in [0, 0.1) is 10.5 Å². The molecule has 112 valence electrons. The Labute approximate surface area is 141 Å². The van der Waals surface area contributed by atoms with E-state index in [4.69, 9.17) is 4.42 Å². The third-order valence-electron chi connectivity index (χ3n) is 3.57. The number of nitrogens with zero attached hydrogens (tertiary/aromatic N) is 2. The van der Waals surface area contributed by atoms with Crippen molar-refractivity contribution in [2.45, 2.75) is 13.5 Å². The molecule has 1 heterocycles. The molecule has 0 bridgehead atoms. The summed E-state index contributed by atoms with van der Waals surface area (Å²) >= 11 is 2.21. The molecule has 0 aliphatic heterocycles. The molecule has 0 amide bonds. The zero-order chi connectivity index (χ0) is 15.7. The molecule has 0 aliphatic rings. The third-order valence-corrected chi connectivity index (χ3v) is 4.74. The number of fused-ring (bicyclic) bond motifs is 1. The highest BCUT2D eigenvalue weighted by molar-refractivity contribution is 14.1. The molecule has 0 unspecified atom stereocenters. The number of anilines is 1. The van der Waals surface area contributed by atoms with Crippen molar-refractivity contribution in [3.05, 3.63) is 67.6 Å². The smallest absolute Gasteiger partial charge is 0.348 e. The Hall–Kier alpha value is -1.89. The topological polar surface area (TPSA) is 46.3 Å². The summed E-state index contributed by atoms with van der Waals surface area (Å²) in [6.45, 7) is 2.54. The Balaban J connectivity index is 2.02. The molecule has 0 aliphatic carbocycles. The van der Waals surface area contributed by atoms with Crippen molar-refractivity contribution in [3.8, 4) is 0 Å². The van der Waals surface area contributed by atoms with E-state index in [1.807, 2.05) is 61.3 Å². The van der Waals surface area contributed by atoms with E-state index in [1.54, 1.807) is 0 Å². The molecule has 0 saturated heterocycles. The lowest BCUT2D eigenvalue weighted by Gasteiger charge is -2.16. The molecule has 5 heteroatoms. The Morgan fingerprint density at radius 2 is 1.91 bits per heavy atom. The van der Waals surface area contributed by atoms with Crippen LogP contribution in [-0.4, -0.2) is 12.0 Å². The number of hydrogen-bond donors (Lipinski definition) is 0. The summed E-state index contributed by atoms with van der Waals surface area (Å²) in [5.74, 6) is 0. The highest BCUT2D eigenvalue weighted by atomic mass is 127. The van der Waals surface area contributed by atoms with Crippen molar-refractivity contribution < 1.29 is 4.42 Å². The first kappa shape index (κ1) is 15.0. The van der Waals surface area contributed by atoms with Gasteiger partial charge in [-0.2, -0.15) is 4.98 Å². The maximum absolute atomic E-state index is 12.3. The predicted octanol–water partition coefficient (Wildman–Crippen LogP) is 3.74. The van der Waals surface area contributed by atoms with Crippen LogP contribution in [0.3, 0.4) is 0 Å². The summed E-state index contributed by atoms with van der Waals surface area (Å²) in [7, 11) is 1.86. The minimum atomic E-state index is -0.337. The first-order chi connectivity index (χ1) is 10.6. The maximum Gasteiger partial charge on any atom is 0.348 e. The highest BCUT2D eigenvalue weighted by Crippen LogP contribution is 2.21. The van der Waals surface area contributed by atoms with Gasteiger partial charge in [-0.15, -0.1) is 0 Å². The van der Waals surface area contributed by atoms with Crippen molar-refractivity contribution in [2.75, 3.05) is 11.9 Å². The molecular formula is C17H15IN2O2. The van der Waals surface area contributed by atoms with Gasteiger partial charge in [0.05, 0.1) is 10.9 Å². The Kier molecular flexibility index (Phi) is 4.15. The van der Waals surface area contributed by atoms with Gasteiger partial charge < -0.3 is 9.32 Å². The molecule has 22 heavy (non-hydrogen) atoms. The summed E-state index contributed by atoms with van der Waals surface area (Å²) in [4.78, 5) is 18.6. The van der Waals surface area contributed by atoms with Gasteiger partial charge in [-0.1, -0.05) is 30.3 Å². The van der Waals surface area contributed by atoms with Crippen molar-refractivity contribution in [1.29, 1.82) is 0 Å². The van der Waals surface area contributed by atoms with E-state index in [1.165, 1.54) is 0 Å². The van der Waals surface area contributed by atoms with Gasteiger partial charge in [-0.05, 0) is 52.8 Å². The second kappa shape index (κ2) is 6.08. The molecule has 2 aromatic carbocycles. The van der Waals surface area contributed by atoms with E-state index in [9.17, 15) is 4.79 Å². The highest BCUT2D eigenvalue weighted by Gasteiger charge is 2.13. The molecule has 0 saturated carbocycles. The minimum absolute atomic E-state index is 0.335. The average molecular weight is 406 g/mol. The van der Waals surface area contributed by atoms with Crippen molar-refractivity contribution in [3.63, 3.8) is 0 Å². The Bertz CT molecular complexity index is 875. The predicted molar refractivity (Wildman–Crippen MR) is 96.3 cm³/mol. The summed E-state index contributed by atoms with van der Waals surface area (Å²) in [6, 6.07) is 14.2. The van der Waals surface area contributed by atoms with Gasteiger partial charge >= 0.3 is 11.6 Å². The Morgan fingerprint density at radius 3 is 2.64 bits per heavy atom. The lowest BCUT2D eigenvalue weighted by molar-refractivity contribution is 0.494. The number of aryl methyl sites for hydroxylation is 1. The van der Waals surface area contributed by atoms with E-state index in [0.29, 0.717) is 23.5 Å². The zero-order valence-electron chi connectivity index (χ0n) is 12.3. The van der Waals surface area contributed by atoms with Crippen LogP contribution in [0.25, 0.3) is 10.9 Å². The van der Waals surface area contributed by atoms with Crippen LogP contribution in [-0.2, 0) is 6.54 Å². The fourth-order valence-corrected chi connectivity index (χ4v) is 2.82. The van der Waals surface area contributed by atoms with Crippen LogP contribution in [0.1, 0.15) is 11.1 Å². The van der Waals surface area contributed by atoms with Crippen LogP contribution in [0.2, 0.25) is 0 Å². The van der Waals surface area contributed by atoms with Crippen LogP contribution >= 0.6 is 22.6 Å². The van der Waals surface area contributed by atoms with Crippen LogP contribution in [0.15, 0.2) is 51.7 Å². The third kappa shape index (κ3) is 2.85. The lowest BCUT2D eigenvalue weighted by Crippen LogP contribution is -2.20. The number of aromatic nitrogens is 1. The van der Waals surface area contributed by atoms with Gasteiger partial charge in [0.1, 0.15) is 0 Å². The van der Waals surface area contributed by atoms with Crippen LogP contribution in [0.4, 0.5) is 6.01 Å². The Morgan fingerprint density at radius 1 is 1.18 bits per heavy atom. The fraction of sp³-hybridized carbons (Fsp3) is 0.176. The van der Waals surface area contributed by atoms with Crippen molar-refractivity contribution in [1.82, 2.24) is 4.98 Å². The summed E-state index contributed by atoms with van der Waals surface area (Å²) < 4.78 is 6.45. The largest absolute Gasteiger partial charge is 0.389 e. The van der Waals surface area contributed by atoms with E-state index in [-0.39, 0.29) is 5.63 Å². The molecule has 1 aromatic heterocycles. The number of benzene rings is 2. The SMILES string of the molecule is Cc1c(I)ccc2nc(N(C)Cc3ccccc3)oc(=O)c12. The summed E-state index contributed by atoms with van der Waals surface area (Å²) in [6.07, 6.45) is 0. The molecule has 0 spiro atoms. The normalized spacial score (nSPS) is 10.9. The second-order valence-electron chi connectivity index (χ2n) is 5.19. The lowest BCUT2D eigenvalue weighted by atomic mass is 10.1. The van der Waals surface area contributed by atoms with E-state index < -0.39 is 0 Å². The fourth-order valence-electron chi connectivity index (χ4n) is 2.37. The maximum atomic E-state index is 12.3. The van der Waals surface area contributed by atoms with Crippen molar-refractivity contribution >= 4 is 39.5 Å². The molecule has 0 N–H and O–H groups in total. The van der Waals surface area contributed by atoms with Gasteiger partial charge in [-0.25, -0.2) is 4.79 Å². The second-order valence-corrected chi connectivity index (χ2v) is 6.35. The number of rotatable bonds is 3. The standard InChI is InChI=1S/C17H15IN2O2/c1-11-13(18)8-9-14-15(11)16(21)22-17(19-14)20(2)10-12-6-4-3-5-7-12/h3-9H,10H2,1-2H3. The number of halogens is 1. The van der Waals surface area contributed by atoms with Gasteiger partial charge in [0.2, 0.25) is 0 Å². The average Bonchev–Trinajstić information content (AvgIpc) is 2.51. The quantitative estimate of drug-likeness (QED) is 0.622. The molecule has 3 rings (SSSR count). The van der Waals surface area contributed by atoms with E-state index >= 15 is 0 Å². The molecule has 0 atom stereocenters. The molecule has 4 nitrogen and oxygen atoms in total. The van der Waals surface area contributed by atoms with E-state index in [0.717, 1.165) is 14.7 Å².